The number of hydrogen-bond acceptors (Lipinski definition) is 7. The summed E-state index contributed by atoms with van der Waals surface area (Å²) in [4.78, 5) is 25.9. The smallest absolute Gasteiger partial charge is 0.337 e. The van der Waals surface area contributed by atoms with Gasteiger partial charge in [0.25, 0.3) is 5.91 Å². The minimum absolute atomic E-state index is 0.0814. The van der Waals surface area contributed by atoms with E-state index in [0.717, 1.165) is 16.9 Å². The highest BCUT2D eigenvalue weighted by atomic mass is 28.4. The van der Waals surface area contributed by atoms with E-state index in [0.29, 0.717) is 24.1 Å². The van der Waals surface area contributed by atoms with Gasteiger partial charge >= 0.3 is 5.97 Å². The van der Waals surface area contributed by atoms with Crippen LogP contribution in [0, 0.1) is 0 Å². The summed E-state index contributed by atoms with van der Waals surface area (Å²) in [6.07, 6.45) is -0.0203. The van der Waals surface area contributed by atoms with Crippen LogP contribution in [0.2, 0.25) is 18.1 Å². The molecule has 0 aromatic heterocycles. The highest BCUT2D eigenvalue weighted by molar-refractivity contribution is 6.74. The maximum Gasteiger partial charge on any atom is 0.337 e. The van der Waals surface area contributed by atoms with Crippen molar-refractivity contribution < 1.29 is 28.6 Å². The number of methoxy groups -OCH3 is 2. The van der Waals surface area contributed by atoms with Gasteiger partial charge in [0, 0.05) is 17.6 Å². The fraction of sp³-hybridized carbons (Fsp3) is 0.429. The van der Waals surface area contributed by atoms with Crippen molar-refractivity contribution in [2.75, 3.05) is 20.8 Å². The molecule has 0 bridgehead atoms. The average molecular weight is 621 g/mol. The molecule has 3 aromatic carbocycles. The Morgan fingerprint density at radius 2 is 1.55 bits per heavy atom. The second-order valence-electron chi connectivity index (χ2n) is 13.2. The second kappa shape index (κ2) is 14.4. The van der Waals surface area contributed by atoms with Gasteiger partial charge in [0.05, 0.1) is 31.9 Å². The molecule has 0 fully saturated rings. The summed E-state index contributed by atoms with van der Waals surface area (Å²) >= 11 is 0. The molecule has 3 N–H and O–H groups in total. The maximum absolute atomic E-state index is 13.7. The predicted octanol–water partition coefficient (Wildman–Crippen LogP) is 6.44. The van der Waals surface area contributed by atoms with Crippen LogP contribution in [0.1, 0.15) is 66.5 Å². The number of amides is 1. The van der Waals surface area contributed by atoms with Gasteiger partial charge in [-0.15, -0.1) is 0 Å². The van der Waals surface area contributed by atoms with Crippen molar-refractivity contribution in [1.82, 2.24) is 10.6 Å². The zero-order valence-corrected chi connectivity index (χ0v) is 28.5. The number of phenolic OH excluding ortho intramolecular Hbond substituents is 1. The lowest BCUT2D eigenvalue weighted by atomic mass is 9.93. The summed E-state index contributed by atoms with van der Waals surface area (Å²) in [5, 5.41) is 17.1. The van der Waals surface area contributed by atoms with Gasteiger partial charge in [0.2, 0.25) is 0 Å². The van der Waals surface area contributed by atoms with E-state index in [-0.39, 0.29) is 16.7 Å². The van der Waals surface area contributed by atoms with Gasteiger partial charge in [-0.05, 0) is 92.0 Å². The fourth-order valence-corrected chi connectivity index (χ4v) is 6.02. The summed E-state index contributed by atoms with van der Waals surface area (Å²) < 4.78 is 17.4. The standard InChI is InChI=1S/C35H48N2O6Si/c1-34(2,3)44(8,9)43-31(23-36-35(4,5)27-16-12-18-29(22-27)41-6)30(20-24-13-10-17-28(38)19-24)37-32(39)25-14-11-15-26(21-25)33(40)42-7/h10-19,21-22,30-31,36,38H,20,23H2,1-9H3,(H,37,39)/t30-,31+/m0/s1. The molecule has 0 unspecified atom stereocenters. The number of hydrogen-bond donors (Lipinski definition) is 3. The first-order valence-electron chi connectivity index (χ1n) is 14.9. The minimum atomic E-state index is -2.33. The number of benzene rings is 3. The average Bonchev–Trinajstić information content (AvgIpc) is 2.98. The molecule has 3 aromatic rings. The molecule has 0 aliphatic heterocycles. The highest BCUT2D eigenvalue weighted by Crippen LogP contribution is 2.38. The van der Waals surface area contributed by atoms with Crippen molar-refractivity contribution in [1.29, 1.82) is 0 Å². The normalized spacial score (nSPS) is 13.6. The summed E-state index contributed by atoms with van der Waals surface area (Å²) in [7, 11) is 0.629. The largest absolute Gasteiger partial charge is 0.508 e. The molecule has 0 aliphatic carbocycles. The van der Waals surface area contributed by atoms with E-state index in [9.17, 15) is 14.7 Å². The summed E-state index contributed by atoms with van der Waals surface area (Å²) in [6.45, 7) is 15.6. The second-order valence-corrected chi connectivity index (χ2v) is 17.9. The van der Waals surface area contributed by atoms with Crippen molar-refractivity contribution in [3.8, 4) is 11.5 Å². The van der Waals surface area contributed by atoms with Crippen molar-refractivity contribution in [2.24, 2.45) is 0 Å². The lowest BCUT2D eigenvalue weighted by Crippen LogP contribution is -2.57. The molecule has 0 heterocycles. The molecule has 0 saturated heterocycles. The number of carbonyl (C=O) groups is 2. The zero-order chi connectivity index (χ0) is 32.7. The van der Waals surface area contributed by atoms with Crippen LogP contribution in [-0.4, -0.2) is 58.2 Å². The summed E-state index contributed by atoms with van der Waals surface area (Å²) in [5.41, 5.74) is 2.09. The molecule has 8 nitrogen and oxygen atoms in total. The Bertz CT molecular complexity index is 1430. The maximum atomic E-state index is 13.7. The van der Waals surface area contributed by atoms with Crippen LogP contribution in [0.5, 0.6) is 11.5 Å². The highest BCUT2D eigenvalue weighted by Gasteiger charge is 2.41. The first-order chi connectivity index (χ1) is 20.6. The molecule has 44 heavy (non-hydrogen) atoms. The summed E-state index contributed by atoms with van der Waals surface area (Å²) in [6, 6.07) is 21.0. The van der Waals surface area contributed by atoms with Crippen LogP contribution in [0.4, 0.5) is 0 Å². The van der Waals surface area contributed by atoms with E-state index in [1.54, 1.807) is 43.5 Å². The SMILES string of the molecule is COC(=O)c1cccc(C(=O)N[C@@H](Cc2cccc(O)c2)[C@@H](CNC(C)(C)c2cccc(OC)c2)O[Si](C)(C)C(C)(C)C)c1. The van der Waals surface area contributed by atoms with E-state index in [4.69, 9.17) is 13.9 Å². The molecule has 0 spiro atoms. The van der Waals surface area contributed by atoms with E-state index in [1.807, 2.05) is 24.3 Å². The van der Waals surface area contributed by atoms with E-state index in [2.05, 4.69) is 64.4 Å². The fourth-order valence-electron chi connectivity index (χ4n) is 4.66. The van der Waals surface area contributed by atoms with Crippen molar-refractivity contribution in [3.05, 3.63) is 95.1 Å². The van der Waals surface area contributed by atoms with Crippen LogP contribution < -0.4 is 15.4 Å². The number of esters is 1. The molecule has 0 saturated carbocycles. The molecular weight excluding hydrogens is 572 g/mol. The Hall–Kier alpha value is -3.66. The van der Waals surface area contributed by atoms with E-state index in [1.165, 1.54) is 13.2 Å². The van der Waals surface area contributed by atoms with Gasteiger partial charge in [-0.3, -0.25) is 4.79 Å². The zero-order valence-electron chi connectivity index (χ0n) is 27.5. The molecular formula is C35H48N2O6Si. The first kappa shape index (κ1) is 34.8. The Morgan fingerprint density at radius 1 is 0.886 bits per heavy atom. The van der Waals surface area contributed by atoms with Crippen molar-refractivity contribution >= 4 is 20.2 Å². The molecule has 0 aliphatic rings. The molecule has 0 radical (unpaired) electrons. The Balaban J connectivity index is 2.02. The van der Waals surface area contributed by atoms with Crippen LogP contribution in [-0.2, 0) is 21.1 Å². The Kier molecular flexibility index (Phi) is 11.4. The number of ether oxygens (including phenoxy) is 2. The predicted molar refractivity (Wildman–Crippen MR) is 177 cm³/mol. The summed E-state index contributed by atoms with van der Waals surface area (Å²) in [5.74, 6) is 0.0722. The van der Waals surface area contributed by atoms with E-state index < -0.39 is 32.0 Å². The number of rotatable bonds is 13. The van der Waals surface area contributed by atoms with Gasteiger partial charge < -0.3 is 29.6 Å². The first-order valence-corrected chi connectivity index (χ1v) is 17.8. The Labute approximate surface area is 263 Å². The number of aromatic hydroxyl groups is 1. The minimum Gasteiger partial charge on any atom is -0.508 e. The monoisotopic (exact) mass is 620 g/mol. The third-order valence-electron chi connectivity index (χ3n) is 8.47. The van der Waals surface area contributed by atoms with Gasteiger partial charge in [0.15, 0.2) is 8.32 Å². The van der Waals surface area contributed by atoms with Crippen molar-refractivity contribution in [3.63, 3.8) is 0 Å². The number of phenols is 1. The van der Waals surface area contributed by atoms with Crippen LogP contribution in [0.3, 0.4) is 0 Å². The molecule has 2 atom stereocenters. The van der Waals surface area contributed by atoms with Gasteiger partial charge in [-0.1, -0.05) is 51.1 Å². The number of carbonyl (C=O) groups excluding carboxylic acids is 2. The van der Waals surface area contributed by atoms with Gasteiger partial charge in [0.1, 0.15) is 11.5 Å². The lowest BCUT2D eigenvalue weighted by molar-refractivity contribution is 0.0600. The van der Waals surface area contributed by atoms with Crippen LogP contribution in [0.25, 0.3) is 0 Å². The molecule has 9 heteroatoms. The van der Waals surface area contributed by atoms with Gasteiger partial charge in [-0.2, -0.15) is 0 Å². The third kappa shape index (κ3) is 9.17. The molecule has 238 valence electrons. The van der Waals surface area contributed by atoms with Crippen LogP contribution in [0.15, 0.2) is 72.8 Å². The molecule has 3 rings (SSSR count). The van der Waals surface area contributed by atoms with Crippen molar-refractivity contribution in [2.45, 2.75) is 76.9 Å². The van der Waals surface area contributed by atoms with Gasteiger partial charge in [-0.25, -0.2) is 4.79 Å². The quantitative estimate of drug-likeness (QED) is 0.149. The lowest BCUT2D eigenvalue weighted by Gasteiger charge is -2.43. The Morgan fingerprint density at radius 3 is 2.18 bits per heavy atom. The third-order valence-corrected chi connectivity index (χ3v) is 13.0. The number of nitrogens with one attached hydrogen (secondary N) is 2. The molecule has 1 amide bonds. The van der Waals surface area contributed by atoms with E-state index >= 15 is 0 Å². The van der Waals surface area contributed by atoms with Crippen LogP contribution >= 0.6 is 0 Å². The topological polar surface area (TPSA) is 106 Å².